The summed E-state index contributed by atoms with van der Waals surface area (Å²) in [6, 6.07) is 3.40. The van der Waals surface area contributed by atoms with Gasteiger partial charge in [0, 0.05) is 6.92 Å². The highest BCUT2D eigenvalue weighted by atomic mass is 32.2. The molecule has 2 aromatic rings. The topological polar surface area (TPSA) is 127 Å². The second-order valence-electron chi connectivity index (χ2n) is 3.90. The van der Waals surface area contributed by atoms with E-state index in [-0.39, 0.29) is 20.8 Å². The van der Waals surface area contributed by atoms with E-state index in [1.807, 2.05) is 0 Å². The molecule has 1 heterocycles. The number of halogens is 1. The zero-order chi connectivity index (χ0) is 15.6. The lowest BCUT2D eigenvalue weighted by Gasteiger charge is -2.06. The number of carbonyl (C=O) groups is 1. The summed E-state index contributed by atoms with van der Waals surface area (Å²) in [5, 5.41) is 9.38. The number of hydrogen-bond donors (Lipinski definition) is 3. The van der Waals surface area contributed by atoms with Gasteiger partial charge in [-0.05, 0) is 18.2 Å². The van der Waals surface area contributed by atoms with E-state index in [4.69, 9.17) is 5.73 Å². The molecule has 0 radical (unpaired) electrons. The Morgan fingerprint density at radius 2 is 2.10 bits per heavy atom. The Balaban J connectivity index is 2.23. The minimum Gasteiger partial charge on any atom is -0.396 e. The van der Waals surface area contributed by atoms with E-state index in [1.54, 1.807) is 0 Å². The van der Waals surface area contributed by atoms with Crippen LogP contribution in [-0.2, 0) is 14.8 Å². The molecule has 0 saturated carbocycles. The fourth-order valence-corrected chi connectivity index (χ4v) is 3.32. The van der Waals surface area contributed by atoms with Crippen molar-refractivity contribution in [1.29, 1.82) is 0 Å². The van der Waals surface area contributed by atoms with Crippen LogP contribution in [0.2, 0.25) is 0 Å². The number of nitrogens with two attached hydrogens (primary N) is 1. The van der Waals surface area contributed by atoms with Gasteiger partial charge in [0.25, 0.3) is 14.4 Å². The number of nitrogens with zero attached hydrogens (tertiary/aromatic N) is 2. The first-order chi connectivity index (χ1) is 9.78. The predicted molar refractivity (Wildman–Crippen MR) is 75.8 cm³/mol. The molecular formula is C10H10FN5O3S2. The van der Waals surface area contributed by atoms with Crippen LogP contribution >= 0.6 is 11.3 Å². The van der Waals surface area contributed by atoms with E-state index in [1.165, 1.54) is 13.0 Å². The first-order valence-electron chi connectivity index (χ1n) is 5.47. The lowest BCUT2D eigenvalue weighted by Crippen LogP contribution is -2.13. The maximum Gasteiger partial charge on any atom is 0.291 e. The van der Waals surface area contributed by atoms with Crippen LogP contribution in [0.1, 0.15) is 6.92 Å². The molecule has 1 aromatic carbocycles. The molecule has 0 aliphatic carbocycles. The van der Waals surface area contributed by atoms with Gasteiger partial charge in [-0.2, -0.15) is 8.42 Å². The van der Waals surface area contributed by atoms with Crippen LogP contribution in [0.4, 0.5) is 20.9 Å². The fourth-order valence-electron chi connectivity index (χ4n) is 1.33. The van der Waals surface area contributed by atoms with Crippen molar-refractivity contribution in [3.05, 3.63) is 24.0 Å². The highest BCUT2D eigenvalue weighted by Crippen LogP contribution is 2.24. The van der Waals surface area contributed by atoms with Gasteiger partial charge in [0.05, 0.1) is 11.4 Å². The molecule has 8 nitrogen and oxygen atoms in total. The van der Waals surface area contributed by atoms with Crippen LogP contribution < -0.4 is 15.8 Å². The molecule has 1 amide bonds. The molecule has 2 rings (SSSR count). The average molecular weight is 331 g/mol. The third-order valence-corrected chi connectivity index (χ3v) is 4.75. The third kappa shape index (κ3) is 3.64. The molecule has 11 heteroatoms. The molecule has 0 aliphatic rings. The summed E-state index contributed by atoms with van der Waals surface area (Å²) in [5.41, 5.74) is 5.25. The monoisotopic (exact) mass is 331 g/mol. The molecular weight excluding hydrogens is 321 g/mol. The van der Waals surface area contributed by atoms with Gasteiger partial charge in [-0.15, -0.1) is 10.2 Å². The lowest BCUT2D eigenvalue weighted by molar-refractivity contribution is -0.114. The van der Waals surface area contributed by atoms with Crippen LogP contribution in [0.15, 0.2) is 22.5 Å². The Morgan fingerprint density at radius 3 is 2.71 bits per heavy atom. The highest BCUT2D eigenvalue weighted by molar-refractivity contribution is 7.94. The van der Waals surface area contributed by atoms with Crippen molar-refractivity contribution >= 4 is 43.8 Å². The van der Waals surface area contributed by atoms with Gasteiger partial charge in [0.15, 0.2) is 0 Å². The summed E-state index contributed by atoms with van der Waals surface area (Å²) < 4.78 is 39.0. The lowest BCUT2D eigenvalue weighted by atomic mass is 10.3. The Labute approximate surface area is 123 Å². The number of rotatable bonds is 4. The summed E-state index contributed by atoms with van der Waals surface area (Å²) in [6.07, 6.45) is 0. The second-order valence-corrected chi connectivity index (χ2v) is 6.73. The molecule has 112 valence electrons. The average Bonchev–Trinajstić information content (AvgIpc) is 2.82. The Morgan fingerprint density at radius 1 is 1.38 bits per heavy atom. The molecule has 0 unspecified atom stereocenters. The molecule has 21 heavy (non-hydrogen) atoms. The summed E-state index contributed by atoms with van der Waals surface area (Å²) >= 11 is 0.685. The van der Waals surface area contributed by atoms with E-state index in [9.17, 15) is 17.6 Å². The SMILES string of the molecule is CC(=O)Nc1nnc(S(=O)(=O)Nc2ccc(F)c(N)c2)s1. The Kier molecular flexibility index (Phi) is 4.04. The van der Waals surface area contributed by atoms with E-state index in [0.717, 1.165) is 12.1 Å². The zero-order valence-electron chi connectivity index (χ0n) is 10.6. The zero-order valence-corrected chi connectivity index (χ0v) is 12.3. The number of benzene rings is 1. The van der Waals surface area contributed by atoms with Gasteiger partial charge < -0.3 is 11.1 Å². The smallest absolute Gasteiger partial charge is 0.291 e. The maximum atomic E-state index is 13.0. The van der Waals surface area contributed by atoms with Gasteiger partial charge in [-0.3, -0.25) is 9.52 Å². The standard InChI is InChI=1S/C10H10FN5O3S2/c1-5(17)13-9-14-15-10(20-9)21(18,19)16-6-2-3-7(11)8(12)4-6/h2-4,16H,12H2,1H3,(H,13,14,17). The first kappa shape index (κ1) is 15.1. The Bertz CT molecular complexity index is 790. The maximum absolute atomic E-state index is 13.0. The number of amides is 1. The largest absolute Gasteiger partial charge is 0.396 e. The van der Waals surface area contributed by atoms with E-state index < -0.39 is 21.7 Å². The van der Waals surface area contributed by atoms with Crippen LogP contribution in [0, 0.1) is 5.82 Å². The number of sulfonamides is 1. The van der Waals surface area contributed by atoms with Crippen LogP contribution in [0.25, 0.3) is 0 Å². The number of nitrogen functional groups attached to an aromatic ring is 1. The van der Waals surface area contributed by atoms with E-state index in [2.05, 4.69) is 20.2 Å². The van der Waals surface area contributed by atoms with Gasteiger partial charge in [0.1, 0.15) is 5.82 Å². The normalized spacial score (nSPS) is 11.1. The van der Waals surface area contributed by atoms with Crippen molar-refractivity contribution < 1.29 is 17.6 Å². The van der Waals surface area contributed by atoms with Gasteiger partial charge in [0.2, 0.25) is 11.0 Å². The predicted octanol–water partition coefficient (Wildman–Crippen LogP) is 1.02. The minimum atomic E-state index is -3.99. The molecule has 4 N–H and O–H groups in total. The van der Waals surface area contributed by atoms with Crippen molar-refractivity contribution in [2.24, 2.45) is 0 Å². The van der Waals surface area contributed by atoms with Crippen molar-refractivity contribution in [3.63, 3.8) is 0 Å². The van der Waals surface area contributed by atoms with Crippen LogP contribution in [-0.4, -0.2) is 24.5 Å². The molecule has 0 spiro atoms. The van der Waals surface area contributed by atoms with Gasteiger partial charge in [-0.1, -0.05) is 11.3 Å². The fraction of sp³-hybridized carbons (Fsp3) is 0.100. The van der Waals surface area contributed by atoms with Gasteiger partial charge >= 0.3 is 0 Å². The molecule has 0 aliphatic heterocycles. The molecule has 1 aromatic heterocycles. The highest BCUT2D eigenvalue weighted by Gasteiger charge is 2.21. The van der Waals surface area contributed by atoms with Crippen molar-refractivity contribution in [2.75, 3.05) is 15.8 Å². The number of anilines is 3. The van der Waals surface area contributed by atoms with E-state index >= 15 is 0 Å². The molecule has 0 fully saturated rings. The molecule has 0 atom stereocenters. The Hall–Kier alpha value is -2.27. The first-order valence-corrected chi connectivity index (χ1v) is 7.77. The minimum absolute atomic E-state index is 0.0569. The van der Waals surface area contributed by atoms with Crippen molar-refractivity contribution in [1.82, 2.24) is 10.2 Å². The number of hydrogen-bond acceptors (Lipinski definition) is 7. The second kappa shape index (κ2) is 5.61. The molecule has 0 saturated heterocycles. The summed E-state index contributed by atoms with van der Waals surface area (Å²) in [6.45, 7) is 1.26. The molecule has 0 bridgehead atoms. The number of aromatic nitrogens is 2. The summed E-state index contributed by atoms with van der Waals surface area (Å²) in [7, 11) is -3.99. The van der Waals surface area contributed by atoms with Gasteiger partial charge in [-0.25, -0.2) is 4.39 Å². The van der Waals surface area contributed by atoms with E-state index in [0.29, 0.717) is 11.3 Å². The quantitative estimate of drug-likeness (QED) is 0.567. The van der Waals surface area contributed by atoms with Crippen LogP contribution in [0.5, 0.6) is 0 Å². The number of nitrogens with one attached hydrogen (secondary N) is 2. The van der Waals surface area contributed by atoms with Crippen molar-refractivity contribution in [3.8, 4) is 0 Å². The number of carbonyl (C=O) groups excluding carboxylic acids is 1. The summed E-state index contributed by atoms with van der Waals surface area (Å²) in [5.74, 6) is -1.05. The van der Waals surface area contributed by atoms with Crippen LogP contribution in [0.3, 0.4) is 0 Å². The summed E-state index contributed by atoms with van der Waals surface area (Å²) in [4.78, 5) is 10.8. The van der Waals surface area contributed by atoms with Crippen molar-refractivity contribution in [2.45, 2.75) is 11.3 Å². The third-order valence-electron chi connectivity index (χ3n) is 2.17.